The van der Waals surface area contributed by atoms with Crippen molar-refractivity contribution in [3.05, 3.63) is 11.4 Å². The Labute approximate surface area is 96.7 Å². The molecule has 0 N–H and O–H groups in total. The molecule has 0 aromatic rings. The summed E-state index contributed by atoms with van der Waals surface area (Å²) in [4.78, 5) is 12.6. The predicted molar refractivity (Wildman–Crippen MR) is 25.7 cm³/mol. The normalized spacial score (nSPS) is 7.00. The van der Waals surface area contributed by atoms with Crippen LogP contribution in [-0.4, -0.2) is 12.5 Å². The molecule has 0 atom stereocenters. The van der Waals surface area contributed by atoms with E-state index in [9.17, 15) is 9.90 Å². The first-order valence-corrected chi connectivity index (χ1v) is 2.30. The van der Waals surface area contributed by atoms with Crippen molar-refractivity contribution in [2.45, 2.75) is 12.8 Å². The maximum absolute atomic E-state index is 9.66. The molecule has 0 fully saturated rings. The van der Waals surface area contributed by atoms with Crippen LogP contribution in [0.15, 0.2) is 0 Å². The van der Waals surface area contributed by atoms with Gasteiger partial charge in [-0.25, -0.2) is 6.57 Å². The van der Waals surface area contributed by atoms with E-state index in [0.717, 1.165) is 0 Å². The Morgan fingerprint density at radius 3 is 2.56 bits per heavy atom. The molecule has 44 valence electrons. The van der Waals surface area contributed by atoms with Gasteiger partial charge in [0, 0.05) is 12.4 Å². The molecule has 0 aliphatic carbocycles. The summed E-state index contributed by atoms with van der Waals surface area (Å²) in [5.41, 5.74) is 0. The molecule has 0 radical (unpaired) electrons. The van der Waals surface area contributed by atoms with Crippen LogP contribution in [0.5, 0.6) is 0 Å². The van der Waals surface area contributed by atoms with E-state index in [2.05, 4.69) is 4.85 Å². The van der Waals surface area contributed by atoms with E-state index in [1.165, 1.54) is 0 Å². The fourth-order valence-corrected chi connectivity index (χ4v) is 0.302. The molecule has 0 aromatic carbocycles. The molecule has 0 saturated carbocycles. The van der Waals surface area contributed by atoms with Gasteiger partial charge < -0.3 is 14.7 Å². The molecule has 0 rings (SSSR count). The van der Waals surface area contributed by atoms with Crippen LogP contribution in [0, 0.1) is 6.57 Å². The predicted octanol–water partition coefficient (Wildman–Crippen LogP) is -3.56. The van der Waals surface area contributed by atoms with Crippen LogP contribution in [-0.2, 0) is 4.79 Å². The number of aliphatic carboxylic acids is 1. The van der Waals surface area contributed by atoms with Gasteiger partial charge in [-0.3, -0.25) is 0 Å². The zero-order valence-electron chi connectivity index (χ0n) is 5.39. The van der Waals surface area contributed by atoms with Crippen molar-refractivity contribution in [2.24, 2.45) is 0 Å². The maximum atomic E-state index is 9.66. The summed E-state index contributed by atoms with van der Waals surface area (Å²) in [6, 6.07) is 0. The van der Waals surface area contributed by atoms with E-state index in [1.54, 1.807) is 0 Å². The number of carbonyl (C=O) groups is 1. The molecule has 0 aliphatic rings. The van der Waals surface area contributed by atoms with Crippen molar-refractivity contribution in [1.82, 2.24) is 0 Å². The number of carboxylic acids is 1. The Hall–Kier alpha value is 0.596. The van der Waals surface area contributed by atoms with E-state index in [0.29, 0.717) is 6.42 Å². The maximum Gasteiger partial charge on any atom is 1.00 e. The van der Waals surface area contributed by atoms with Crippen molar-refractivity contribution in [2.75, 3.05) is 6.54 Å². The number of hydrogen-bond acceptors (Lipinski definition) is 2. The monoisotopic (exact) mass is 151 g/mol. The summed E-state index contributed by atoms with van der Waals surface area (Å²) in [6.45, 7) is 6.54. The minimum atomic E-state index is -1.08. The Balaban J connectivity index is 0. The van der Waals surface area contributed by atoms with Crippen LogP contribution in [0.3, 0.4) is 0 Å². The molecule has 0 bridgehead atoms. The molecule has 9 heavy (non-hydrogen) atoms. The summed E-state index contributed by atoms with van der Waals surface area (Å²) in [6.07, 6.45) is 0.411. The molecule has 0 heterocycles. The third-order valence-electron chi connectivity index (χ3n) is 0.651. The minimum Gasteiger partial charge on any atom is -0.550 e. The van der Waals surface area contributed by atoms with Gasteiger partial charge in [-0.15, -0.1) is 0 Å². The SMILES string of the molecule is [C-]#[N+]CCCC(=O)[O-].[K+]. The van der Waals surface area contributed by atoms with E-state index in [4.69, 9.17) is 6.57 Å². The van der Waals surface area contributed by atoms with Crippen LogP contribution < -0.4 is 56.5 Å². The standard InChI is InChI=1S/C5H7NO2.K/c1-6-4-2-3-5(7)8;/h2-4H2,(H,7,8);/q;+1/p-1. The molecule has 0 spiro atoms. The van der Waals surface area contributed by atoms with Crippen molar-refractivity contribution < 1.29 is 61.3 Å². The Bertz CT molecular complexity index is 119. The summed E-state index contributed by atoms with van der Waals surface area (Å²) >= 11 is 0. The fraction of sp³-hybridized carbons (Fsp3) is 0.600. The zero-order chi connectivity index (χ0) is 6.41. The second-order valence-corrected chi connectivity index (χ2v) is 1.36. The molecule has 0 amide bonds. The minimum absolute atomic E-state index is 0. The first kappa shape index (κ1) is 12.3. The molecule has 3 nitrogen and oxygen atoms in total. The van der Waals surface area contributed by atoms with Gasteiger partial charge in [-0.05, 0) is 6.42 Å². The van der Waals surface area contributed by atoms with Crippen molar-refractivity contribution in [1.29, 1.82) is 0 Å². The number of rotatable bonds is 3. The van der Waals surface area contributed by atoms with Gasteiger partial charge in [-0.2, -0.15) is 0 Å². The molecule has 0 saturated heterocycles. The fourth-order valence-electron chi connectivity index (χ4n) is 0.302. The molecular weight excluding hydrogens is 145 g/mol. The third-order valence-corrected chi connectivity index (χ3v) is 0.651. The summed E-state index contributed by atoms with van der Waals surface area (Å²) in [5.74, 6) is -1.08. The van der Waals surface area contributed by atoms with E-state index in [1.807, 2.05) is 0 Å². The quantitative estimate of drug-likeness (QED) is 0.238. The van der Waals surface area contributed by atoms with Crippen molar-refractivity contribution in [3.8, 4) is 0 Å². The van der Waals surface area contributed by atoms with E-state index >= 15 is 0 Å². The first-order valence-electron chi connectivity index (χ1n) is 2.30. The second-order valence-electron chi connectivity index (χ2n) is 1.36. The zero-order valence-corrected chi connectivity index (χ0v) is 8.51. The number of hydrogen-bond donors (Lipinski definition) is 0. The molecule has 0 aromatic heterocycles. The molecule has 0 unspecified atom stereocenters. The average Bonchev–Trinajstić information content (AvgIpc) is 1.66. The summed E-state index contributed by atoms with van der Waals surface area (Å²) < 4.78 is 0. The van der Waals surface area contributed by atoms with Crippen LogP contribution in [0.25, 0.3) is 4.85 Å². The van der Waals surface area contributed by atoms with Gasteiger partial charge in [0.1, 0.15) is 0 Å². The van der Waals surface area contributed by atoms with Gasteiger partial charge in [0.25, 0.3) is 0 Å². The summed E-state index contributed by atoms with van der Waals surface area (Å²) in [7, 11) is 0. The Morgan fingerprint density at radius 2 is 2.22 bits per heavy atom. The van der Waals surface area contributed by atoms with Gasteiger partial charge in [-0.1, -0.05) is 0 Å². The smallest absolute Gasteiger partial charge is 0.550 e. The Kier molecular flexibility index (Phi) is 11.7. The van der Waals surface area contributed by atoms with Crippen molar-refractivity contribution in [3.63, 3.8) is 0 Å². The Morgan fingerprint density at radius 1 is 1.67 bits per heavy atom. The average molecular weight is 151 g/mol. The van der Waals surface area contributed by atoms with E-state index < -0.39 is 5.97 Å². The first-order chi connectivity index (χ1) is 3.77. The van der Waals surface area contributed by atoms with Crippen LogP contribution >= 0.6 is 0 Å². The van der Waals surface area contributed by atoms with Gasteiger partial charge >= 0.3 is 51.4 Å². The van der Waals surface area contributed by atoms with Crippen LogP contribution in [0.1, 0.15) is 12.8 Å². The number of nitrogens with zero attached hydrogens (tertiary/aromatic N) is 1. The second kappa shape index (κ2) is 8.60. The van der Waals surface area contributed by atoms with Crippen molar-refractivity contribution >= 4 is 5.97 Å². The van der Waals surface area contributed by atoms with Gasteiger partial charge in [0.05, 0.1) is 0 Å². The van der Waals surface area contributed by atoms with Gasteiger partial charge in [0.15, 0.2) is 0 Å². The largest absolute Gasteiger partial charge is 1.00 e. The van der Waals surface area contributed by atoms with Gasteiger partial charge in [0.2, 0.25) is 6.54 Å². The summed E-state index contributed by atoms with van der Waals surface area (Å²) in [5, 5.41) is 9.66. The number of carbonyl (C=O) groups excluding carboxylic acids is 1. The van der Waals surface area contributed by atoms with E-state index in [-0.39, 0.29) is 64.4 Å². The van der Waals surface area contributed by atoms with Crippen LogP contribution in [0.4, 0.5) is 0 Å². The topological polar surface area (TPSA) is 44.5 Å². The molecular formula is C5H6KNO2. The molecule has 4 heteroatoms. The number of carboxylic acid groups (broad SMARTS) is 1. The third kappa shape index (κ3) is 11.9. The molecule has 0 aliphatic heterocycles. The van der Waals surface area contributed by atoms with Crippen LogP contribution in [0.2, 0.25) is 0 Å².